The van der Waals surface area contributed by atoms with Gasteiger partial charge in [-0.25, -0.2) is 0 Å². The molecular weight excluding hydrogens is 406 g/mol. The SMILES string of the molecule is COc1ccc(Cl)cc1NC(=O)C(=O)NCCCN1CCOC(c2ccccc2)C1. The van der Waals surface area contributed by atoms with Crippen LogP contribution >= 0.6 is 11.6 Å². The van der Waals surface area contributed by atoms with Crippen molar-refractivity contribution in [2.45, 2.75) is 12.5 Å². The van der Waals surface area contributed by atoms with Crippen molar-refractivity contribution in [1.82, 2.24) is 10.2 Å². The lowest BCUT2D eigenvalue weighted by molar-refractivity contribution is -0.136. The average molecular weight is 432 g/mol. The minimum atomic E-state index is -0.758. The third-order valence-electron chi connectivity index (χ3n) is 4.87. The first-order chi connectivity index (χ1) is 14.6. The Bertz CT molecular complexity index is 863. The number of amides is 2. The number of methoxy groups -OCH3 is 1. The van der Waals surface area contributed by atoms with Gasteiger partial charge in [0.15, 0.2) is 0 Å². The van der Waals surface area contributed by atoms with E-state index in [4.69, 9.17) is 21.1 Å². The Morgan fingerprint density at radius 1 is 1.20 bits per heavy atom. The summed E-state index contributed by atoms with van der Waals surface area (Å²) in [5, 5.41) is 5.62. The number of hydrogen-bond donors (Lipinski definition) is 2. The largest absolute Gasteiger partial charge is 0.495 e. The summed E-state index contributed by atoms with van der Waals surface area (Å²) in [6.07, 6.45) is 0.800. The van der Waals surface area contributed by atoms with Crippen LogP contribution < -0.4 is 15.4 Å². The molecular formula is C22H26ClN3O4. The Balaban J connectivity index is 1.40. The van der Waals surface area contributed by atoms with Crippen LogP contribution in [0.25, 0.3) is 0 Å². The van der Waals surface area contributed by atoms with E-state index in [-0.39, 0.29) is 6.10 Å². The van der Waals surface area contributed by atoms with Crippen LogP contribution in [-0.2, 0) is 14.3 Å². The van der Waals surface area contributed by atoms with E-state index in [0.29, 0.717) is 29.6 Å². The van der Waals surface area contributed by atoms with E-state index in [0.717, 1.165) is 26.1 Å². The molecule has 0 bridgehead atoms. The molecule has 0 radical (unpaired) electrons. The van der Waals surface area contributed by atoms with Crippen LogP contribution in [0.3, 0.4) is 0 Å². The first-order valence-electron chi connectivity index (χ1n) is 9.88. The standard InChI is InChI=1S/C22H26ClN3O4/c1-29-19-9-8-17(23)14-18(19)25-22(28)21(27)24-10-5-11-26-12-13-30-20(15-26)16-6-3-2-4-7-16/h2-4,6-9,14,20H,5,10-13,15H2,1H3,(H,24,27)(H,25,28). The van der Waals surface area contributed by atoms with Crippen molar-refractivity contribution in [3.8, 4) is 5.75 Å². The second-order valence-corrected chi connectivity index (χ2v) is 7.42. The minimum Gasteiger partial charge on any atom is -0.495 e. The minimum absolute atomic E-state index is 0.0630. The molecule has 2 aromatic rings. The molecule has 1 aliphatic rings. The lowest BCUT2D eigenvalue weighted by atomic mass is 10.1. The van der Waals surface area contributed by atoms with Gasteiger partial charge in [0, 0.05) is 31.2 Å². The highest BCUT2D eigenvalue weighted by atomic mass is 35.5. The molecule has 1 heterocycles. The number of anilines is 1. The number of nitrogens with zero attached hydrogens (tertiary/aromatic N) is 1. The van der Waals surface area contributed by atoms with Crippen molar-refractivity contribution in [3.63, 3.8) is 0 Å². The van der Waals surface area contributed by atoms with Gasteiger partial charge in [0.05, 0.1) is 25.5 Å². The van der Waals surface area contributed by atoms with E-state index >= 15 is 0 Å². The fourth-order valence-electron chi connectivity index (χ4n) is 3.32. The first-order valence-corrected chi connectivity index (χ1v) is 10.3. The number of rotatable bonds is 7. The van der Waals surface area contributed by atoms with Crippen molar-refractivity contribution < 1.29 is 19.1 Å². The topological polar surface area (TPSA) is 79.9 Å². The first kappa shape index (κ1) is 22.1. The average Bonchev–Trinajstić information content (AvgIpc) is 2.77. The zero-order valence-corrected chi connectivity index (χ0v) is 17.7. The molecule has 1 atom stereocenters. The molecule has 1 saturated heterocycles. The van der Waals surface area contributed by atoms with E-state index in [1.54, 1.807) is 12.1 Å². The Morgan fingerprint density at radius 2 is 2.00 bits per heavy atom. The molecule has 2 N–H and O–H groups in total. The number of ether oxygens (including phenoxy) is 2. The molecule has 7 nitrogen and oxygen atoms in total. The van der Waals surface area contributed by atoms with E-state index in [2.05, 4.69) is 27.7 Å². The number of nitrogens with one attached hydrogen (secondary N) is 2. The van der Waals surface area contributed by atoms with Gasteiger partial charge in [0.2, 0.25) is 0 Å². The number of hydrogen-bond acceptors (Lipinski definition) is 5. The van der Waals surface area contributed by atoms with Gasteiger partial charge in [0.25, 0.3) is 0 Å². The van der Waals surface area contributed by atoms with Gasteiger partial charge in [-0.2, -0.15) is 0 Å². The summed E-state index contributed by atoms with van der Waals surface area (Å²) in [7, 11) is 1.48. The molecule has 0 aromatic heterocycles. The quantitative estimate of drug-likeness (QED) is 0.520. The van der Waals surface area contributed by atoms with Crippen LogP contribution in [0.5, 0.6) is 5.75 Å². The van der Waals surface area contributed by atoms with Gasteiger partial charge in [-0.1, -0.05) is 41.9 Å². The molecule has 8 heteroatoms. The summed E-state index contributed by atoms with van der Waals surface area (Å²) in [6, 6.07) is 15.0. The maximum absolute atomic E-state index is 12.1. The van der Waals surface area contributed by atoms with Crippen molar-refractivity contribution in [3.05, 3.63) is 59.1 Å². The van der Waals surface area contributed by atoms with Gasteiger partial charge in [0.1, 0.15) is 5.75 Å². The molecule has 1 fully saturated rings. The second kappa shape index (κ2) is 11.0. The lowest BCUT2D eigenvalue weighted by Gasteiger charge is -2.33. The van der Waals surface area contributed by atoms with Gasteiger partial charge in [-0.3, -0.25) is 14.5 Å². The van der Waals surface area contributed by atoms with E-state index in [1.807, 2.05) is 18.2 Å². The zero-order valence-electron chi connectivity index (χ0n) is 16.9. The van der Waals surface area contributed by atoms with E-state index < -0.39 is 11.8 Å². The van der Waals surface area contributed by atoms with E-state index in [9.17, 15) is 9.59 Å². The number of halogens is 1. The Kier molecular flexibility index (Phi) is 8.07. The second-order valence-electron chi connectivity index (χ2n) is 6.98. The predicted molar refractivity (Wildman–Crippen MR) is 116 cm³/mol. The van der Waals surface area contributed by atoms with Gasteiger partial charge < -0.3 is 20.1 Å². The van der Waals surface area contributed by atoms with Crippen LogP contribution in [-0.4, -0.2) is 56.6 Å². The van der Waals surface area contributed by atoms with Gasteiger partial charge in [-0.15, -0.1) is 0 Å². The van der Waals surface area contributed by atoms with Gasteiger partial charge >= 0.3 is 11.8 Å². The molecule has 0 spiro atoms. The summed E-state index contributed by atoms with van der Waals surface area (Å²) in [6.45, 7) is 3.57. The van der Waals surface area contributed by atoms with Crippen LogP contribution in [0, 0.1) is 0 Å². The maximum atomic E-state index is 12.1. The maximum Gasteiger partial charge on any atom is 0.313 e. The van der Waals surface area contributed by atoms with Crippen LogP contribution in [0.4, 0.5) is 5.69 Å². The number of carbonyl (C=O) groups is 2. The highest BCUT2D eigenvalue weighted by Crippen LogP contribution is 2.27. The van der Waals surface area contributed by atoms with Crippen molar-refractivity contribution >= 4 is 29.1 Å². The van der Waals surface area contributed by atoms with Crippen molar-refractivity contribution in [2.75, 3.05) is 45.2 Å². The van der Waals surface area contributed by atoms with Crippen LogP contribution in [0.2, 0.25) is 5.02 Å². The third-order valence-corrected chi connectivity index (χ3v) is 5.11. The summed E-state index contributed by atoms with van der Waals surface area (Å²) in [5.74, 6) is -1.02. The molecule has 160 valence electrons. The predicted octanol–water partition coefficient (Wildman–Crippen LogP) is 2.87. The summed E-state index contributed by atoms with van der Waals surface area (Å²) < 4.78 is 11.0. The fourth-order valence-corrected chi connectivity index (χ4v) is 3.49. The molecule has 2 amide bonds. The highest BCUT2D eigenvalue weighted by Gasteiger charge is 2.21. The van der Waals surface area contributed by atoms with E-state index in [1.165, 1.54) is 18.7 Å². The molecule has 2 aromatic carbocycles. The molecule has 3 rings (SSSR count). The fraction of sp³-hybridized carbons (Fsp3) is 0.364. The van der Waals surface area contributed by atoms with Crippen LogP contribution in [0.1, 0.15) is 18.1 Å². The highest BCUT2D eigenvalue weighted by molar-refractivity contribution is 6.40. The summed E-state index contributed by atoms with van der Waals surface area (Å²) >= 11 is 5.94. The normalized spacial score (nSPS) is 16.7. The Morgan fingerprint density at radius 3 is 2.77 bits per heavy atom. The number of benzene rings is 2. The molecule has 30 heavy (non-hydrogen) atoms. The number of morpholine rings is 1. The third kappa shape index (κ3) is 6.19. The smallest absolute Gasteiger partial charge is 0.313 e. The number of carbonyl (C=O) groups excluding carboxylic acids is 2. The summed E-state index contributed by atoms with van der Waals surface area (Å²) in [5.41, 5.74) is 1.52. The summed E-state index contributed by atoms with van der Waals surface area (Å²) in [4.78, 5) is 26.5. The van der Waals surface area contributed by atoms with Crippen molar-refractivity contribution in [1.29, 1.82) is 0 Å². The molecule has 0 aliphatic carbocycles. The van der Waals surface area contributed by atoms with Gasteiger partial charge in [-0.05, 0) is 30.2 Å². The monoisotopic (exact) mass is 431 g/mol. The lowest BCUT2D eigenvalue weighted by Crippen LogP contribution is -2.41. The van der Waals surface area contributed by atoms with Crippen LogP contribution in [0.15, 0.2) is 48.5 Å². The Labute approximate surface area is 181 Å². The molecule has 1 unspecified atom stereocenters. The Hall–Kier alpha value is -2.61. The molecule has 1 aliphatic heterocycles. The zero-order chi connectivity index (χ0) is 21.3. The van der Waals surface area contributed by atoms with Crippen molar-refractivity contribution in [2.24, 2.45) is 0 Å². The molecule has 0 saturated carbocycles.